The van der Waals surface area contributed by atoms with Crippen LogP contribution in [0.2, 0.25) is 0 Å². The first-order valence-electron chi connectivity index (χ1n) is 7.87. The third-order valence-corrected chi connectivity index (χ3v) is 3.56. The zero-order valence-electron chi connectivity index (χ0n) is 14.8. The largest absolute Gasteiger partial charge is 0.421 e. The van der Waals surface area contributed by atoms with E-state index in [0.717, 1.165) is 17.8 Å². The van der Waals surface area contributed by atoms with Crippen molar-refractivity contribution in [3.05, 3.63) is 41.4 Å². The Morgan fingerprint density at radius 2 is 2.00 bits per heavy atom. The predicted molar refractivity (Wildman–Crippen MR) is 96.5 cm³/mol. The second-order valence-electron chi connectivity index (χ2n) is 6.53. The SMILES string of the molecule is CCN(C)c1ccc(C=NNc2oc(C(C)(C)C)nc2C#N)cc1. The van der Waals surface area contributed by atoms with E-state index in [4.69, 9.17) is 9.68 Å². The summed E-state index contributed by atoms with van der Waals surface area (Å²) in [6.45, 7) is 8.98. The average Bonchev–Trinajstić information content (AvgIpc) is 2.98. The second kappa shape index (κ2) is 7.18. The van der Waals surface area contributed by atoms with Crippen molar-refractivity contribution in [3.63, 3.8) is 0 Å². The first-order valence-corrected chi connectivity index (χ1v) is 7.87. The highest BCUT2D eigenvalue weighted by Crippen LogP contribution is 2.26. The monoisotopic (exact) mass is 325 g/mol. The molecule has 0 fully saturated rings. The van der Waals surface area contributed by atoms with Crippen LogP contribution in [0.15, 0.2) is 33.8 Å². The van der Waals surface area contributed by atoms with Crippen molar-refractivity contribution in [3.8, 4) is 6.07 Å². The molecule has 1 N–H and O–H groups in total. The minimum Gasteiger partial charge on any atom is -0.421 e. The van der Waals surface area contributed by atoms with E-state index in [9.17, 15) is 0 Å². The zero-order valence-corrected chi connectivity index (χ0v) is 14.8. The fourth-order valence-corrected chi connectivity index (χ4v) is 1.96. The molecule has 0 aliphatic carbocycles. The number of anilines is 2. The van der Waals surface area contributed by atoms with Crippen molar-refractivity contribution >= 4 is 17.8 Å². The maximum atomic E-state index is 9.15. The van der Waals surface area contributed by atoms with Gasteiger partial charge < -0.3 is 9.32 Å². The molecule has 0 aliphatic rings. The van der Waals surface area contributed by atoms with E-state index >= 15 is 0 Å². The summed E-state index contributed by atoms with van der Waals surface area (Å²) in [6, 6.07) is 10.1. The van der Waals surface area contributed by atoms with Gasteiger partial charge in [0, 0.05) is 24.7 Å². The lowest BCUT2D eigenvalue weighted by Crippen LogP contribution is -2.15. The Balaban J connectivity index is 2.09. The van der Waals surface area contributed by atoms with Crippen molar-refractivity contribution in [2.45, 2.75) is 33.1 Å². The van der Waals surface area contributed by atoms with E-state index in [2.05, 4.69) is 27.3 Å². The van der Waals surface area contributed by atoms with Gasteiger partial charge in [-0.15, -0.1) is 0 Å². The third-order valence-electron chi connectivity index (χ3n) is 3.56. The average molecular weight is 325 g/mol. The van der Waals surface area contributed by atoms with Gasteiger partial charge in [0.1, 0.15) is 6.07 Å². The van der Waals surface area contributed by atoms with Crippen LogP contribution in [0.4, 0.5) is 11.6 Å². The summed E-state index contributed by atoms with van der Waals surface area (Å²) in [5.41, 5.74) is 4.80. The van der Waals surface area contributed by atoms with Crippen molar-refractivity contribution in [1.82, 2.24) is 4.98 Å². The quantitative estimate of drug-likeness (QED) is 0.669. The molecule has 126 valence electrons. The first-order chi connectivity index (χ1) is 11.3. The van der Waals surface area contributed by atoms with Crippen molar-refractivity contribution in [2.75, 3.05) is 23.9 Å². The molecule has 6 heteroatoms. The molecule has 2 rings (SSSR count). The number of aromatic nitrogens is 1. The van der Waals surface area contributed by atoms with Crippen LogP contribution in [-0.2, 0) is 5.41 Å². The fourth-order valence-electron chi connectivity index (χ4n) is 1.96. The topological polar surface area (TPSA) is 77.4 Å². The maximum Gasteiger partial charge on any atom is 0.252 e. The highest BCUT2D eigenvalue weighted by Gasteiger charge is 2.23. The molecule has 0 amide bonds. The smallest absolute Gasteiger partial charge is 0.252 e. The highest BCUT2D eigenvalue weighted by molar-refractivity contribution is 5.80. The van der Waals surface area contributed by atoms with E-state index in [1.54, 1.807) is 6.21 Å². The lowest BCUT2D eigenvalue weighted by Gasteiger charge is -2.16. The Morgan fingerprint density at radius 3 is 2.54 bits per heavy atom. The Hall–Kier alpha value is -2.81. The molecule has 0 spiro atoms. The highest BCUT2D eigenvalue weighted by atomic mass is 16.4. The van der Waals surface area contributed by atoms with Gasteiger partial charge in [-0.1, -0.05) is 32.9 Å². The van der Waals surface area contributed by atoms with Crippen LogP contribution in [0.3, 0.4) is 0 Å². The van der Waals surface area contributed by atoms with Gasteiger partial charge in [0.25, 0.3) is 5.88 Å². The van der Waals surface area contributed by atoms with Crippen molar-refractivity contribution < 1.29 is 4.42 Å². The summed E-state index contributed by atoms with van der Waals surface area (Å²) < 4.78 is 5.61. The van der Waals surface area contributed by atoms with Crippen LogP contribution < -0.4 is 10.3 Å². The van der Waals surface area contributed by atoms with Gasteiger partial charge in [0.15, 0.2) is 0 Å². The molecule has 0 aliphatic heterocycles. The number of oxazole rings is 1. The molecule has 0 unspecified atom stereocenters. The normalized spacial score (nSPS) is 11.5. The van der Waals surface area contributed by atoms with Gasteiger partial charge in [-0.25, -0.2) is 5.43 Å². The molecule has 0 atom stereocenters. The minimum absolute atomic E-state index is 0.206. The number of hydrogen-bond donors (Lipinski definition) is 1. The Labute approximate surface area is 142 Å². The summed E-state index contributed by atoms with van der Waals surface area (Å²) in [5.74, 6) is 0.768. The van der Waals surface area contributed by atoms with E-state index in [0.29, 0.717) is 5.89 Å². The lowest BCUT2D eigenvalue weighted by molar-refractivity contribution is 0.399. The number of nitrogens with one attached hydrogen (secondary N) is 1. The third kappa shape index (κ3) is 4.13. The number of benzene rings is 1. The van der Waals surface area contributed by atoms with Crippen molar-refractivity contribution in [2.24, 2.45) is 5.10 Å². The molecule has 0 bridgehead atoms. The van der Waals surface area contributed by atoms with Gasteiger partial charge in [0.05, 0.1) is 6.21 Å². The summed E-state index contributed by atoms with van der Waals surface area (Å²) in [5, 5.41) is 13.3. The first kappa shape index (κ1) is 17.5. The number of rotatable bonds is 5. The van der Waals surface area contributed by atoms with Gasteiger partial charge in [-0.3, -0.25) is 0 Å². The summed E-state index contributed by atoms with van der Waals surface area (Å²) in [4.78, 5) is 6.35. The number of nitrogens with zero attached hydrogens (tertiary/aromatic N) is 4. The van der Waals surface area contributed by atoms with Gasteiger partial charge in [0.2, 0.25) is 11.6 Å². The van der Waals surface area contributed by atoms with Crippen LogP contribution in [0, 0.1) is 11.3 Å². The predicted octanol–water partition coefficient (Wildman–Crippen LogP) is 3.75. The molecule has 0 saturated carbocycles. The zero-order chi connectivity index (χ0) is 17.7. The fraction of sp³-hybridized carbons (Fsp3) is 0.389. The van der Waals surface area contributed by atoms with Crippen LogP contribution in [0.1, 0.15) is 44.8 Å². The molecule has 6 nitrogen and oxygen atoms in total. The second-order valence-corrected chi connectivity index (χ2v) is 6.53. The molecule has 0 radical (unpaired) electrons. The van der Waals surface area contributed by atoms with E-state index < -0.39 is 0 Å². The number of nitriles is 1. The standard InChI is InChI=1S/C18H23N5O/c1-6-23(5)14-9-7-13(8-10-14)12-20-22-16-15(11-19)21-17(24-16)18(2,3)4/h7-10,12,22H,6H2,1-5H3. The number of hydrazone groups is 1. The van der Waals surface area contributed by atoms with E-state index in [1.165, 1.54) is 0 Å². The van der Waals surface area contributed by atoms with Crippen LogP contribution >= 0.6 is 0 Å². The summed E-state index contributed by atoms with van der Waals surface area (Å²) >= 11 is 0. The molecule has 1 heterocycles. The Bertz CT molecular complexity index is 747. The Morgan fingerprint density at radius 1 is 1.33 bits per heavy atom. The van der Waals surface area contributed by atoms with Crippen LogP contribution in [0.25, 0.3) is 0 Å². The summed E-state index contributed by atoms with van der Waals surface area (Å²) in [7, 11) is 2.05. The molecule has 2 aromatic rings. The molecular weight excluding hydrogens is 302 g/mol. The summed E-state index contributed by atoms with van der Waals surface area (Å²) in [6.07, 6.45) is 1.68. The molecule has 24 heavy (non-hydrogen) atoms. The van der Waals surface area contributed by atoms with E-state index in [-0.39, 0.29) is 17.0 Å². The van der Waals surface area contributed by atoms with Crippen LogP contribution in [0.5, 0.6) is 0 Å². The molecule has 0 saturated heterocycles. The molecule has 1 aromatic carbocycles. The Kier molecular flexibility index (Phi) is 5.24. The lowest BCUT2D eigenvalue weighted by atomic mass is 9.97. The van der Waals surface area contributed by atoms with Crippen LogP contribution in [-0.4, -0.2) is 24.8 Å². The molecular formula is C18H23N5O. The van der Waals surface area contributed by atoms with Crippen molar-refractivity contribution in [1.29, 1.82) is 5.26 Å². The molecule has 1 aromatic heterocycles. The minimum atomic E-state index is -0.267. The number of hydrogen-bond acceptors (Lipinski definition) is 6. The van der Waals surface area contributed by atoms with Gasteiger partial charge >= 0.3 is 0 Å². The van der Waals surface area contributed by atoms with E-state index in [1.807, 2.05) is 58.2 Å². The van der Waals surface area contributed by atoms with Gasteiger partial charge in [-0.2, -0.15) is 15.3 Å². The maximum absolute atomic E-state index is 9.15. The van der Waals surface area contributed by atoms with Gasteiger partial charge in [-0.05, 0) is 24.6 Å².